The zero-order valence-electron chi connectivity index (χ0n) is 22.0. The second-order valence-corrected chi connectivity index (χ2v) is 14.0. The van der Waals surface area contributed by atoms with Crippen LogP contribution < -0.4 is 11.1 Å². The Kier molecular flexibility index (Phi) is 9.36. The number of carbonyl (C=O) groups excluding carboxylic acids is 5. The third kappa shape index (κ3) is 6.42. The lowest BCUT2D eigenvalue weighted by molar-refractivity contribution is -0.173. The van der Waals surface area contributed by atoms with Crippen molar-refractivity contribution in [2.45, 2.75) is 43.9 Å². The van der Waals surface area contributed by atoms with Crippen LogP contribution in [0.25, 0.3) is 0 Å². The first kappa shape index (κ1) is 30.2. The highest BCUT2D eigenvalue weighted by Crippen LogP contribution is 2.46. The predicted octanol–water partition coefficient (Wildman–Crippen LogP) is 1.54. The number of thioether (sulfide) groups is 3. The number of nitrogens with two attached hydrogens (primary N) is 1. The van der Waals surface area contributed by atoms with Crippen LogP contribution in [0.2, 0.25) is 0 Å². The van der Waals surface area contributed by atoms with Gasteiger partial charge < -0.3 is 25.4 Å². The maximum absolute atomic E-state index is 13.3. The van der Waals surface area contributed by atoms with Crippen LogP contribution in [0.4, 0.5) is 5.13 Å². The maximum Gasteiger partial charge on any atom is 0.358 e. The number of nitrogen functional groups attached to an aromatic ring is 1. The molecule has 40 heavy (non-hydrogen) atoms. The summed E-state index contributed by atoms with van der Waals surface area (Å²) in [7, 11) is 1.27. The van der Waals surface area contributed by atoms with Crippen molar-refractivity contribution in [3.05, 3.63) is 21.7 Å². The average Bonchev–Trinajstić information content (AvgIpc) is 3.51. The largest absolute Gasteiger partial charge is 0.427 e. The number of anilines is 1. The third-order valence-electron chi connectivity index (χ3n) is 5.74. The molecule has 4 rings (SSSR count). The van der Waals surface area contributed by atoms with Crippen molar-refractivity contribution in [3.8, 4) is 0 Å². The van der Waals surface area contributed by atoms with Gasteiger partial charge in [-0.15, -0.1) is 34.9 Å². The molecule has 0 aliphatic carbocycles. The second kappa shape index (κ2) is 12.4. The van der Waals surface area contributed by atoms with Gasteiger partial charge in [0.25, 0.3) is 11.8 Å². The second-order valence-electron chi connectivity index (χ2n) is 9.62. The van der Waals surface area contributed by atoms with Gasteiger partial charge in [0, 0.05) is 21.8 Å². The number of hydrogen-bond donors (Lipinski definition) is 2. The normalized spacial score (nSPS) is 22.9. The maximum atomic E-state index is 13.3. The van der Waals surface area contributed by atoms with Crippen LogP contribution in [0.1, 0.15) is 32.9 Å². The molecule has 3 atom stereocenters. The number of β-lactam (4-membered cyclic amide) rings is 1. The molecule has 0 radical (unpaired) electrons. The van der Waals surface area contributed by atoms with Crippen LogP contribution in [-0.2, 0) is 38.3 Å². The van der Waals surface area contributed by atoms with E-state index in [4.69, 9.17) is 20.0 Å². The molecule has 2 fully saturated rings. The summed E-state index contributed by atoms with van der Waals surface area (Å²) in [5.41, 5.74) is 4.87. The molecule has 1 unspecified atom stereocenters. The monoisotopic (exact) mass is 629 g/mol. The number of oxime groups is 1. The lowest BCUT2D eigenvalue weighted by Gasteiger charge is -2.49. The Hall–Kier alpha value is -2.76. The summed E-state index contributed by atoms with van der Waals surface area (Å²) in [5.74, 6) is -1.72. The van der Waals surface area contributed by atoms with E-state index in [1.54, 1.807) is 20.8 Å². The van der Waals surface area contributed by atoms with E-state index >= 15 is 0 Å². The Bertz CT molecular complexity index is 1290. The van der Waals surface area contributed by atoms with Gasteiger partial charge in [-0.05, 0) is 27.2 Å². The van der Waals surface area contributed by atoms with Gasteiger partial charge in [0.05, 0.1) is 10.7 Å². The van der Waals surface area contributed by atoms with Crippen LogP contribution >= 0.6 is 46.6 Å². The van der Waals surface area contributed by atoms with Crippen molar-refractivity contribution in [1.29, 1.82) is 0 Å². The van der Waals surface area contributed by atoms with E-state index in [1.165, 1.54) is 52.7 Å². The van der Waals surface area contributed by atoms with Gasteiger partial charge in [-0.1, -0.05) is 16.9 Å². The zero-order valence-corrected chi connectivity index (χ0v) is 25.2. The Morgan fingerprint density at radius 3 is 2.62 bits per heavy atom. The number of thiazole rings is 1. The molecule has 3 aliphatic heterocycles. The molecule has 0 saturated carbocycles. The summed E-state index contributed by atoms with van der Waals surface area (Å²) in [6.45, 7) is 4.34. The molecule has 2 amide bonds. The van der Waals surface area contributed by atoms with E-state index < -0.39 is 47.4 Å². The Morgan fingerprint density at radius 2 is 2.02 bits per heavy atom. The summed E-state index contributed by atoms with van der Waals surface area (Å²) in [6, 6.07) is -0.979. The first-order valence-electron chi connectivity index (χ1n) is 11.9. The molecular formula is C23H27N5O8S4. The highest BCUT2D eigenvalue weighted by molar-refractivity contribution is 8.17. The lowest BCUT2D eigenvalue weighted by atomic mass is 9.98. The zero-order chi connectivity index (χ0) is 29.2. The summed E-state index contributed by atoms with van der Waals surface area (Å²) in [5, 5.41) is 7.16. The minimum Gasteiger partial charge on any atom is -0.427 e. The van der Waals surface area contributed by atoms with Gasteiger partial charge in [0.15, 0.2) is 10.8 Å². The molecule has 3 N–H and O–H groups in total. The van der Waals surface area contributed by atoms with E-state index in [1.807, 2.05) is 0 Å². The van der Waals surface area contributed by atoms with Gasteiger partial charge in [-0.3, -0.25) is 24.1 Å². The summed E-state index contributed by atoms with van der Waals surface area (Å²) in [6.07, 6.45) is 0.632. The molecule has 2 saturated heterocycles. The van der Waals surface area contributed by atoms with Gasteiger partial charge in [-0.2, -0.15) is 0 Å². The molecule has 17 heteroatoms. The van der Waals surface area contributed by atoms with E-state index in [0.717, 1.165) is 11.3 Å². The number of esters is 2. The number of aromatic nitrogens is 1. The quantitative estimate of drug-likeness (QED) is 0.132. The summed E-state index contributed by atoms with van der Waals surface area (Å²) < 4.78 is 10.3. The van der Waals surface area contributed by atoms with Crippen LogP contribution in [0.3, 0.4) is 0 Å². The number of carbonyl (C=O) groups is 5. The van der Waals surface area contributed by atoms with Crippen LogP contribution in [0.5, 0.6) is 0 Å². The van der Waals surface area contributed by atoms with Crippen molar-refractivity contribution in [2.24, 2.45) is 10.6 Å². The number of hydrogen-bond acceptors (Lipinski definition) is 15. The van der Waals surface area contributed by atoms with Crippen molar-refractivity contribution >= 4 is 86.3 Å². The molecule has 216 valence electrons. The molecule has 1 aromatic rings. The summed E-state index contributed by atoms with van der Waals surface area (Å²) >= 11 is 4.90. The molecule has 4 heterocycles. The van der Waals surface area contributed by atoms with E-state index in [0.29, 0.717) is 22.8 Å². The fourth-order valence-corrected chi connectivity index (χ4v) is 8.29. The smallest absolute Gasteiger partial charge is 0.358 e. The lowest BCUT2D eigenvalue weighted by Crippen LogP contribution is -2.71. The van der Waals surface area contributed by atoms with Crippen molar-refractivity contribution in [1.82, 2.24) is 15.2 Å². The van der Waals surface area contributed by atoms with E-state index in [9.17, 15) is 24.0 Å². The van der Waals surface area contributed by atoms with Crippen molar-refractivity contribution in [2.75, 3.05) is 31.1 Å². The SMILES string of the molecule is CO/N=C(\C(=O)N[C@@H]1C(=O)N2C(C(=O)OCOC(=O)C(C)(C)C)=C(SC3CCSC3=O)CS[C@H]12)c1csc(N)n1. The number of ether oxygens (including phenoxy) is 2. The van der Waals surface area contributed by atoms with Gasteiger partial charge >= 0.3 is 11.9 Å². The minimum atomic E-state index is -0.979. The molecule has 3 aliphatic rings. The average molecular weight is 630 g/mol. The third-order valence-corrected chi connectivity index (χ3v) is 10.4. The minimum absolute atomic E-state index is 0.00385. The molecule has 13 nitrogen and oxygen atoms in total. The Labute approximate surface area is 246 Å². The first-order valence-corrected chi connectivity index (χ1v) is 15.7. The van der Waals surface area contributed by atoms with Crippen LogP contribution in [0, 0.1) is 5.41 Å². The number of nitrogens with one attached hydrogen (secondary N) is 1. The number of nitrogens with zero attached hydrogens (tertiary/aromatic N) is 3. The van der Waals surface area contributed by atoms with E-state index in [-0.39, 0.29) is 32.6 Å². The van der Waals surface area contributed by atoms with Crippen LogP contribution in [0.15, 0.2) is 21.1 Å². The number of amides is 2. The van der Waals surface area contributed by atoms with Crippen molar-refractivity contribution < 1.29 is 38.3 Å². The first-order chi connectivity index (χ1) is 18.9. The van der Waals surface area contributed by atoms with Crippen LogP contribution in [-0.4, -0.2) is 86.5 Å². The van der Waals surface area contributed by atoms with Gasteiger partial charge in [-0.25, -0.2) is 9.78 Å². The fourth-order valence-electron chi connectivity index (χ4n) is 3.75. The van der Waals surface area contributed by atoms with Gasteiger partial charge in [0.2, 0.25) is 11.9 Å². The number of fused-ring (bicyclic) bond motifs is 1. The molecule has 1 aromatic heterocycles. The fraction of sp³-hybridized carbons (Fsp3) is 0.522. The molecule has 0 bridgehead atoms. The van der Waals surface area contributed by atoms with Crippen molar-refractivity contribution in [3.63, 3.8) is 0 Å². The predicted molar refractivity (Wildman–Crippen MR) is 152 cm³/mol. The Balaban J connectivity index is 1.52. The Morgan fingerprint density at radius 1 is 1.27 bits per heavy atom. The number of rotatable bonds is 9. The topological polar surface area (TPSA) is 180 Å². The summed E-state index contributed by atoms with van der Waals surface area (Å²) in [4.78, 5) is 74.5. The standard InChI is InChI=1S/C23H27N5O8S4/c1-23(2,3)21(33)36-9-35-19(31)15-12(40-11-5-6-37-20(11)32)8-38-18-14(17(30)28(15)18)26-16(29)13(27-34-4)10-7-39-22(24)25-10/h7,11,14,18H,5-6,8-9H2,1-4H3,(H2,24,25)(H,26,29)/b27-13-/t11?,14-,18-/m1/s1. The molecule has 0 aromatic carbocycles. The van der Waals surface area contributed by atoms with E-state index in [2.05, 4.69) is 15.5 Å². The molecule has 0 spiro atoms. The highest BCUT2D eigenvalue weighted by Gasteiger charge is 2.55. The highest BCUT2D eigenvalue weighted by atomic mass is 32.2. The molecular weight excluding hydrogens is 603 g/mol. The van der Waals surface area contributed by atoms with Gasteiger partial charge in [0.1, 0.15) is 29.9 Å².